The van der Waals surface area contributed by atoms with Crippen molar-refractivity contribution in [3.63, 3.8) is 0 Å². The largest absolute Gasteiger partial charge is 0.349 e. The van der Waals surface area contributed by atoms with Gasteiger partial charge in [0.2, 0.25) is 5.91 Å². The van der Waals surface area contributed by atoms with Crippen LogP contribution in [0.3, 0.4) is 0 Å². The third-order valence-corrected chi connectivity index (χ3v) is 5.61. The first-order valence-electron chi connectivity index (χ1n) is 8.60. The van der Waals surface area contributed by atoms with Crippen LogP contribution >= 0.6 is 23.4 Å². The number of halogens is 1. The van der Waals surface area contributed by atoms with E-state index in [1.807, 2.05) is 43.3 Å². The van der Waals surface area contributed by atoms with Crippen molar-refractivity contribution in [2.45, 2.75) is 36.7 Å². The predicted molar refractivity (Wildman–Crippen MR) is 106 cm³/mol. The second kappa shape index (κ2) is 8.60. The monoisotopic (exact) mass is 388 g/mol. The van der Waals surface area contributed by atoms with Gasteiger partial charge < -0.3 is 10.6 Å². The molecule has 3 rings (SSSR count). The van der Waals surface area contributed by atoms with Crippen molar-refractivity contribution in [2.24, 2.45) is 0 Å². The Balaban J connectivity index is 1.56. The van der Waals surface area contributed by atoms with Gasteiger partial charge in [-0.15, -0.1) is 11.8 Å². The average Bonchev–Trinajstić information content (AvgIpc) is 2.62. The number of benzene rings is 2. The summed E-state index contributed by atoms with van der Waals surface area (Å²) in [4.78, 5) is 25.8. The van der Waals surface area contributed by atoms with Crippen LogP contribution in [0.1, 0.15) is 41.7 Å². The molecule has 2 N–H and O–H groups in total. The molecular formula is C20H21ClN2O2S. The summed E-state index contributed by atoms with van der Waals surface area (Å²) in [5.41, 5.74) is 1.66. The second-order valence-electron chi connectivity index (χ2n) is 6.38. The predicted octanol–water partition coefficient (Wildman–Crippen LogP) is 4.20. The van der Waals surface area contributed by atoms with Gasteiger partial charge in [0, 0.05) is 33.7 Å². The first-order valence-corrected chi connectivity index (χ1v) is 9.97. The van der Waals surface area contributed by atoms with Crippen LogP contribution in [0.5, 0.6) is 0 Å². The first-order chi connectivity index (χ1) is 12.5. The molecule has 0 fully saturated rings. The molecule has 2 aromatic rings. The smallest absolute Gasteiger partial charge is 0.251 e. The van der Waals surface area contributed by atoms with Crippen LogP contribution in [0, 0.1) is 0 Å². The summed E-state index contributed by atoms with van der Waals surface area (Å²) in [5.74, 6) is 0.714. The summed E-state index contributed by atoms with van der Waals surface area (Å²) in [5, 5.41) is 6.63. The van der Waals surface area contributed by atoms with Gasteiger partial charge in [-0.1, -0.05) is 29.8 Å². The zero-order chi connectivity index (χ0) is 18.5. The molecule has 0 saturated carbocycles. The molecule has 0 unspecified atom stereocenters. The van der Waals surface area contributed by atoms with Crippen LogP contribution < -0.4 is 10.6 Å². The highest BCUT2D eigenvalue weighted by molar-refractivity contribution is 7.99. The molecule has 2 amide bonds. The van der Waals surface area contributed by atoms with Gasteiger partial charge in [0.1, 0.15) is 0 Å². The number of hydrogen-bond donors (Lipinski definition) is 2. The normalized spacial score (nSPS) is 17.1. The Bertz CT molecular complexity index is 798. The number of hydrogen-bond acceptors (Lipinski definition) is 3. The molecule has 4 nitrogen and oxygen atoms in total. The van der Waals surface area contributed by atoms with Crippen LogP contribution in [0.2, 0.25) is 5.02 Å². The number of rotatable bonds is 5. The maximum Gasteiger partial charge on any atom is 0.251 e. The average molecular weight is 389 g/mol. The molecule has 0 spiro atoms. The minimum atomic E-state index is -0.250. The lowest BCUT2D eigenvalue weighted by Crippen LogP contribution is -2.38. The van der Waals surface area contributed by atoms with E-state index in [1.54, 1.807) is 23.9 Å². The Morgan fingerprint density at radius 2 is 2.00 bits per heavy atom. The van der Waals surface area contributed by atoms with Gasteiger partial charge in [-0.3, -0.25) is 9.59 Å². The molecule has 0 bridgehead atoms. The summed E-state index contributed by atoms with van der Waals surface area (Å²) in [6.07, 6.45) is 1.10. The van der Waals surface area contributed by atoms with Crippen molar-refractivity contribution >= 4 is 35.2 Å². The molecule has 2 atom stereocenters. The lowest BCUT2D eigenvalue weighted by Gasteiger charge is -2.26. The van der Waals surface area contributed by atoms with Crippen molar-refractivity contribution in [2.75, 3.05) is 5.75 Å². The Hall–Kier alpha value is -1.98. The van der Waals surface area contributed by atoms with Gasteiger partial charge in [0.05, 0.1) is 6.04 Å². The van der Waals surface area contributed by atoms with E-state index in [9.17, 15) is 9.59 Å². The number of carbonyl (C=O) groups is 2. The van der Waals surface area contributed by atoms with Crippen molar-refractivity contribution in [1.82, 2.24) is 10.6 Å². The third-order valence-electron chi connectivity index (χ3n) is 4.25. The molecule has 1 aliphatic heterocycles. The van der Waals surface area contributed by atoms with Gasteiger partial charge in [-0.05, 0) is 49.2 Å². The SMILES string of the molecule is C[C@@H](CC(=O)N[C@H]1CCSc2ccc(Cl)cc21)NC(=O)c1ccccc1. The molecule has 0 saturated heterocycles. The molecule has 26 heavy (non-hydrogen) atoms. The fourth-order valence-electron chi connectivity index (χ4n) is 2.99. The van der Waals surface area contributed by atoms with E-state index in [0.29, 0.717) is 10.6 Å². The van der Waals surface area contributed by atoms with Crippen molar-refractivity contribution in [3.05, 3.63) is 64.7 Å². The molecule has 136 valence electrons. The Labute approximate surface area is 162 Å². The summed E-state index contributed by atoms with van der Waals surface area (Å²) in [6.45, 7) is 1.84. The lowest BCUT2D eigenvalue weighted by molar-refractivity contribution is -0.122. The van der Waals surface area contributed by atoms with E-state index < -0.39 is 0 Å². The van der Waals surface area contributed by atoms with Crippen molar-refractivity contribution in [3.8, 4) is 0 Å². The standard InChI is InChI=1S/C20H21ClN2O2S/c1-13(22-20(25)14-5-3-2-4-6-14)11-19(24)23-17-9-10-26-18-8-7-15(21)12-16(17)18/h2-8,12-13,17H,9-11H2,1H3,(H,22,25)(H,23,24)/t13-,17-/m0/s1. The molecule has 6 heteroatoms. The number of fused-ring (bicyclic) bond motifs is 1. The van der Waals surface area contributed by atoms with Crippen LogP contribution in [-0.2, 0) is 4.79 Å². The Morgan fingerprint density at radius 3 is 2.77 bits per heavy atom. The highest BCUT2D eigenvalue weighted by atomic mass is 35.5. The molecule has 1 heterocycles. The summed E-state index contributed by atoms with van der Waals surface area (Å²) < 4.78 is 0. The molecular weight excluding hydrogens is 368 g/mol. The number of carbonyl (C=O) groups excluding carboxylic acids is 2. The quantitative estimate of drug-likeness (QED) is 0.806. The zero-order valence-electron chi connectivity index (χ0n) is 14.5. The van der Waals surface area contributed by atoms with Gasteiger partial charge in [0.25, 0.3) is 5.91 Å². The van der Waals surface area contributed by atoms with Crippen LogP contribution in [0.4, 0.5) is 0 Å². The van der Waals surface area contributed by atoms with E-state index in [0.717, 1.165) is 22.6 Å². The minimum absolute atomic E-state index is 0.0329. The van der Waals surface area contributed by atoms with E-state index in [-0.39, 0.29) is 30.3 Å². The van der Waals surface area contributed by atoms with E-state index in [2.05, 4.69) is 10.6 Å². The zero-order valence-corrected chi connectivity index (χ0v) is 16.1. The van der Waals surface area contributed by atoms with Crippen molar-refractivity contribution < 1.29 is 9.59 Å². The fourth-order valence-corrected chi connectivity index (χ4v) is 4.28. The van der Waals surface area contributed by atoms with E-state index >= 15 is 0 Å². The second-order valence-corrected chi connectivity index (χ2v) is 7.96. The lowest BCUT2D eigenvalue weighted by atomic mass is 10.0. The minimum Gasteiger partial charge on any atom is -0.349 e. The molecule has 2 aromatic carbocycles. The molecule has 0 aromatic heterocycles. The number of thioether (sulfide) groups is 1. The van der Waals surface area contributed by atoms with Crippen LogP contribution in [0.15, 0.2) is 53.4 Å². The Morgan fingerprint density at radius 1 is 1.23 bits per heavy atom. The molecule has 1 aliphatic rings. The maximum absolute atomic E-state index is 12.4. The summed E-state index contributed by atoms with van der Waals surface area (Å²) in [7, 11) is 0. The van der Waals surface area contributed by atoms with Gasteiger partial charge in [0.15, 0.2) is 0 Å². The number of amides is 2. The van der Waals surface area contributed by atoms with Crippen LogP contribution in [0.25, 0.3) is 0 Å². The van der Waals surface area contributed by atoms with Crippen LogP contribution in [-0.4, -0.2) is 23.6 Å². The van der Waals surface area contributed by atoms with E-state index in [4.69, 9.17) is 11.6 Å². The van der Waals surface area contributed by atoms with Gasteiger partial charge in [-0.25, -0.2) is 0 Å². The highest BCUT2D eigenvalue weighted by Crippen LogP contribution is 2.37. The summed E-state index contributed by atoms with van der Waals surface area (Å²) in [6, 6.07) is 14.5. The topological polar surface area (TPSA) is 58.2 Å². The van der Waals surface area contributed by atoms with Gasteiger partial charge >= 0.3 is 0 Å². The third kappa shape index (κ3) is 4.80. The van der Waals surface area contributed by atoms with E-state index in [1.165, 1.54) is 0 Å². The highest BCUT2D eigenvalue weighted by Gasteiger charge is 2.23. The maximum atomic E-state index is 12.4. The molecule has 0 radical (unpaired) electrons. The fraction of sp³-hybridized carbons (Fsp3) is 0.300. The first kappa shape index (κ1) is 18.8. The molecule has 0 aliphatic carbocycles. The summed E-state index contributed by atoms with van der Waals surface area (Å²) >= 11 is 7.89. The Kier molecular flexibility index (Phi) is 6.22. The van der Waals surface area contributed by atoms with Gasteiger partial charge in [-0.2, -0.15) is 0 Å². The number of nitrogens with one attached hydrogen (secondary N) is 2. The van der Waals surface area contributed by atoms with Crippen molar-refractivity contribution in [1.29, 1.82) is 0 Å².